The van der Waals surface area contributed by atoms with Crippen molar-refractivity contribution in [2.45, 2.75) is 6.92 Å². The number of carbonyl (C=O) groups excluding carboxylic acids is 1. The number of hydrogen-bond donors (Lipinski definition) is 1. The number of nitrogens with zero attached hydrogens (tertiary/aromatic N) is 2. The maximum atomic E-state index is 12.4. The average Bonchev–Trinajstić information content (AvgIpc) is 3.13. The molecule has 1 fully saturated rings. The van der Waals surface area contributed by atoms with Crippen molar-refractivity contribution in [3.8, 4) is 6.07 Å². The molecule has 0 spiro atoms. The van der Waals surface area contributed by atoms with Gasteiger partial charge in [0.2, 0.25) is 0 Å². The molecule has 2 heterocycles. The number of halogens is 1. The lowest BCUT2D eigenvalue weighted by Crippen LogP contribution is -2.35. The number of amides is 1. The fraction of sp³-hybridized carbons (Fsp3) is 0.263. The van der Waals surface area contributed by atoms with Crippen LogP contribution in [0.5, 0.6) is 0 Å². The van der Waals surface area contributed by atoms with Gasteiger partial charge in [-0.3, -0.25) is 4.79 Å². The zero-order valence-corrected chi connectivity index (χ0v) is 15.0. The first-order valence-corrected chi connectivity index (χ1v) is 8.57. The Kier molecular flexibility index (Phi) is 5.61. The lowest BCUT2D eigenvalue weighted by Gasteiger charge is -2.26. The number of rotatable bonds is 4. The summed E-state index contributed by atoms with van der Waals surface area (Å²) in [4.78, 5) is 14.5. The maximum Gasteiger partial charge on any atom is 0.266 e. The second kappa shape index (κ2) is 8.09. The van der Waals surface area contributed by atoms with E-state index < -0.39 is 5.91 Å². The third-order valence-corrected chi connectivity index (χ3v) is 4.51. The molecule has 26 heavy (non-hydrogen) atoms. The summed E-state index contributed by atoms with van der Waals surface area (Å²) in [6.45, 7) is 4.59. The van der Waals surface area contributed by atoms with E-state index in [4.69, 9.17) is 20.8 Å². The molecular formula is C19H18ClN3O3. The monoisotopic (exact) mass is 371 g/mol. The molecule has 1 saturated heterocycles. The van der Waals surface area contributed by atoms with Crippen molar-refractivity contribution in [3.63, 3.8) is 0 Å². The quantitative estimate of drug-likeness (QED) is 0.656. The number of nitrogens with one attached hydrogen (secondary N) is 1. The average molecular weight is 372 g/mol. The first-order chi connectivity index (χ1) is 12.6. The summed E-state index contributed by atoms with van der Waals surface area (Å²) in [6, 6.07) is 10.7. The molecular weight excluding hydrogens is 354 g/mol. The first-order valence-electron chi connectivity index (χ1n) is 8.19. The van der Waals surface area contributed by atoms with Crippen LogP contribution in [-0.2, 0) is 9.53 Å². The van der Waals surface area contributed by atoms with Crippen LogP contribution in [0.2, 0.25) is 5.02 Å². The van der Waals surface area contributed by atoms with E-state index in [0.29, 0.717) is 35.6 Å². The molecule has 0 atom stereocenters. The van der Waals surface area contributed by atoms with Gasteiger partial charge in [0.1, 0.15) is 17.4 Å². The number of hydrogen-bond acceptors (Lipinski definition) is 5. The molecule has 1 aliphatic rings. The smallest absolute Gasteiger partial charge is 0.266 e. The van der Waals surface area contributed by atoms with Gasteiger partial charge in [-0.25, -0.2) is 0 Å². The Balaban J connectivity index is 1.75. The third kappa shape index (κ3) is 4.07. The number of carbonyl (C=O) groups is 1. The van der Waals surface area contributed by atoms with Crippen LogP contribution in [0, 0.1) is 18.3 Å². The molecule has 0 bridgehead atoms. The van der Waals surface area contributed by atoms with Crippen LogP contribution in [0.25, 0.3) is 6.08 Å². The molecule has 1 amide bonds. The molecule has 7 heteroatoms. The summed E-state index contributed by atoms with van der Waals surface area (Å²) >= 11 is 6.06. The molecule has 1 N–H and O–H groups in total. The SMILES string of the molecule is Cc1c(Cl)cccc1NC(=O)/C(C#N)=C/c1ccc(N2CCOCC2)o1. The van der Waals surface area contributed by atoms with Crippen molar-refractivity contribution in [1.82, 2.24) is 0 Å². The van der Waals surface area contributed by atoms with Gasteiger partial charge in [-0.2, -0.15) is 5.26 Å². The summed E-state index contributed by atoms with van der Waals surface area (Å²) in [5, 5.41) is 12.6. The molecule has 0 radical (unpaired) electrons. The van der Waals surface area contributed by atoms with E-state index in [0.717, 1.165) is 18.7 Å². The van der Waals surface area contributed by atoms with Crippen LogP contribution in [0.1, 0.15) is 11.3 Å². The molecule has 1 aliphatic heterocycles. The Morgan fingerprint density at radius 2 is 2.08 bits per heavy atom. The lowest BCUT2D eigenvalue weighted by atomic mass is 10.1. The topological polar surface area (TPSA) is 78.5 Å². The van der Waals surface area contributed by atoms with Gasteiger partial charge < -0.3 is 19.4 Å². The zero-order chi connectivity index (χ0) is 18.5. The van der Waals surface area contributed by atoms with Gasteiger partial charge in [0.15, 0.2) is 5.88 Å². The summed E-state index contributed by atoms with van der Waals surface area (Å²) in [7, 11) is 0. The van der Waals surface area contributed by atoms with Crippen molar-refractivity contribution in [2.24, 2.45) is 0 Å². The van der Waals surface area contributed by atoms with E-state index in [1.54, 1.807) is 31.2 Å². The second-order valence-corrected chi connectivity index (χ2v) is 6.22. The number of ether oxygens (including phenoxy) is 1. The van der Waals surface area contributed by atoms with Crippen molar-refractivity contribution in [2.75, 3.05) is 36.5 Å². The predicted molar refractivity (Wildman–Crippen MR) is 100 cm³/mol. The molecule has 3 rings (SSSR count). The van der Waals surface area contributed by atoms with Gasteiger partial charge in [0.25, 0.3) is 5.91 Å². The summed E-state index contributed by atoms with van der Waals surface area (Å²) in [5.41, 5.74) is 1.26. The Bertz CT molecular complexity index is 876. The van der Waals surface area contributed by atoms with Crippen molar-refractivity contribution >= 4 is 35.2 Å². The highest BCUT2D eigenvalue weighted by Gasteiger charge is 2.16. The third-order valence-electron chi connectivity index (χ3n) is 4.10. The van der Waals surface area contributed by atoms with Crippen LogP contribution < -0.4 is 10.2 Å². The van der Waals surface area contributed by atoms with Crippen LogP contribution in [0.4, 0.5) is 11.6 Å². The van der Waals surface area contributed by atoms with E-state index in [1.165, 1.54) is 6.08 Å². The number of nitriles is 1. The number of furan rings is 1. The summed E-state index contributed by atoms with van der Waals surface area (Å²) in [5.74, 6) is 0.631. The largest absolute Gasteiger partial charge is 0.441 e. The number of morpholine rings is 1. The zero-order valence-electron chi connectivity index (χ0n) is 14.3. The van der Waals surface area contributed by atoms with Crippen molar-refractivity contribution < 1.29 is 13.9 Å². The molecule has 0 aliphatic carbocycles. The summed E-state index contributed by atoms with van der Waals surface area (Å²) < 4.78 is 11.1. The molecule has 0 unspecified atom stereocenters. The van der Waals surface area contributed by atoms with Gasteiger partial charge >= 0.3 is 0 Å². The minimum Gasteiger partial charge on any atom is -0.441 e. The van der Waals surface area contributed by atoms with Gasteiger partial charge in [-0.1, -0.05) is 17.7 Å². The molecule has 6 nitrogen and oxygen atoms in total. The molecule has 134 valence electrons. The van der Waals surface area contributed by atoms with Crippen molar-refractivity contribution in [3.05, 3.63) is 52.3 Å². The molecule has 2 aromatic rings. The highest BCUT2D eigenvalue weighted by molar-refractivity contribution is 6.31. The lowest BCUT2D eigenvalue weighted by molar-refractivity contribution is -0.112. The van der Waals surface area contributed by atoms with Crippen LogP contribution >= 0.6 is 11.6 Å². The van der Waals surface area contributed by atoms with E-state index >= 15 is 0 Å². The van der Waals surface area contributed by atoms with Crippen LogP contribution in [0.15, 0.2) is 40.3 Å². The highest BCUT2D eigenvalue weighted by atomic mass is 35.5. The Morgan fingerprint density at radius 1 is 1.31 bits per heavy atom. The van der Waals surface area contributed by atoms with E-state index in [9.17, 15) is 10.1 Å². The maximum absolute atomic E-state index is 12.4. The predicted octanol–water partition coefficient (Wildman–Crippen LogP) is 3.62. The van der Waals surface area contributed by atoms with Gasteiger partial charge in [0.05, 0.1) is 13.2 Å². The fourth-order valence-corrected chi connectivity index (χ4v) is 2.77. The highest BCUT2D eigenvalue weighted by Crippen LogP contribution is 2.24. The van der Waals surface area contributed by atoms with E-state index in [1.807, 2.05) is 12.1 Å². The Morgan fingerprint density at radius 3 is 2.81 bits per heavy atom. The van der Waals surface area contributed by atoms with Gasteiger partial charge in [-0.15, -0.1) is 0 Å². The summed E-state index contributed by atoms with van der Waals surface area (Å²) in [6.07, 6.45) is 1.43. The van der Waals surface area contributed by atoms with Gasteiger partial charge in [-0.05, 0) is 30.7 Å². The van der Waals surface area contributed by atoms with Crippen LogP contribution in [-0.4, -0.2) is 32.2 Å². The first kappa shape index (κ1) is 18.1. The van der Waals surface area contributed by atoms with E-state index in [-0.39, 0.29) is 5.57 Å². The van der Waals surface area contributed by atoms with Gasteiger partial charge in [0, 0.05) is 35.9 Å². The van der Waals surface area contributed by atoms with E-state index in [2.05, 4.69) is 10.2 Å². The second-order valence-electron chi connectivity index (χ2n) is 5.81. The minimum atomic E-state index is -0.512. The normalized spacial score (nSPS) is 14.8. The minimum absolute atomic E-state index is 0.0488. The Labute approximate surface area is 156 Å². The number of benzene rings is 1. The molecule has 1 aromatic carbocycles. The molecule has 1 aromatic heterocycles. The van der Waals surface area contributed by atoms with Crippen molar-refractivity contribution in [1.29, 1.82) is 5.26 Å². The Hall–Kier alpha value is -2.75. The number of anilines is 2. The fourth-order valence-electron chi connectivity index (χ4n) is 2.60. The van der Waals surface area contributed by atoms with Crippen LogP contribution in [0.3, 0.4) is 0 Å². The molecule has 0 saturated carbocycles. The standard InChI is InChI=1S/C19H18ClN3O3/c1-13-16(20)3-2-4-17(13)22-19(24)14(12-21)11-15-5-6-18(26-15)23-7-9-25-10-8-23/h2-6,11H,7-10H2,1H3,(H,22,24)/b14-11+.